The summed E-state index contributed by atoms with van der Waals surface area (Å²) in [6, 6.07) is -0.380. The van der Waals surface area contributed by atoms with Crippen molar-refractivity contribution in [2.45, 2.75) is 13.0 Å². The van der Waals surface area contributed by atoms with Crippen LogP contribution in [0.5, 0.6) is 0 Å². The largest absolute Gasteiger partial charge is 0.480 e. The average molecular weight is 128 g/mol. The van der Waals surface area contributed by atoms with Gasteiger partial charge in [-0.05, 0) is 21.0 Å². The van der Waals surface area contributed by atoms with Crippen LogP contribution in [0.2, 0.25) is 0 Å². The molecule has 3 radical (unpaired) electrons. The van der Waals surface area contributed by atoms with E-state index in [1.807, 2.05) is 0 Å². The van der Waals surface area contributed by atoms with E-state index in [2.05, 4.69) is 0 Å². The molecule has 1 atom stereocenters. The van der Waals surface area contributed by atoms with Gasteiger partial charge in [-0.25, -0.2) is 0 Å². The summed E-state index contributed by atoms with van der Waals surface area (Å²) >= 11 is 0. The first kappa shape index (κ1) is 11.3. The van der Waals surface area contributed by atoms with Gasteiger partial charge in [0.05, 0.1) is 0 Å². The molecule has 0 spiro atoms. The van der Waals surface area contributed by atoms with E-state index in [1.165, 1.54) is 0 Å². The summed E-state index contributed by atoms with van der Waals surface area (Å²) in [4.78, 5) is 11.7. The van der Waals surface area contributed by atoms with Crippen LogP contribution in [0.3, 0.4) is 0 Å². The van der Waals surface area contributed by atoms with Gasteiger partial charge in [-0.15, -0.1) is 0 Å². The Balaban J connectivity index is 0. The third-order valence-corrected chi connectivity index (χ3v) is 1.13. The molecule has 0 heterocycles. The zero-order valence-electron chi connectivity index (χ0n) is 5.96. The zero-order valence-corrected chi connectivity index (χ0v) is 5.96. The molecule has 0 aliphatic carbocycles. The molecule has 0 aromatic heterocycles. The average Bonchev–Trinajstić information content (AvgIpc) is 1.64. The summed E-state index contributed by atoms with van der Waals surface area (Å²) in [5.41, 5.74) is 0. The number of likely N-dealkylation sites (N-methyl/N-ethyl adjacent to an activating group) is 1. The molecular weight excluding hydrogens is 117 g/mol. The predicted molar refractivity (Wildman–Crippen MR) is 36.5 cm³/mol. The number of carbonyl (C=O) groups is 1. The second-order valence-electron chi connectivity index (χ2n) is 1.98. The van der Waals surface area contributed by atoms with E-state index in [-0.39, 0.29) is 14.5 Å². The number of hydrogen-bond donors (Lipinski definition) is 1. The van der Waals surface area contributed by atoms with E-state index in [9.17, 15) is 4.79 Å². The number of aliphatic carboxylic acids is 1. The molecule has 1 unspecified atom stereocenters. The Morgan fingerprint density at radius 2 is 1.89 bits per heavy atom. The highest BCUT2D eigenvalue weighted by atomic mass is 16.4. The van der Waals surface area contributed by atoms with E-state index in [0.29, 0.717) is 0 Å². The van der Waals surface area contributed by atoms with Crippen molar-refractivity contribution in [1.82, 2.24) is 4.90 Å². The Morgan fingerprint density at radius 3 is 1.89 bits per heavy atom. The fraction of sp³-hybridized carbons (Fsp3) is 0.800. The molecule has 0 aromatic carbocycles. The van der Waals surface area contributed by atoms with Crippen molar-refractivity contribution < 1.29 is 9.90 Å². The fourth-order valence-electron chi connectivity index (χ4n) is 0.221. The minimum atomic E-state index is -0.782. The lowest BCUT2D eigenvalue weighted by molar-refractivity contribution is -0.141. The molecule has 0 amide bonds. The third kappa shape index (κ3) is 4.03. The van der Waals surface area contributed by atoms with Crippen LogP contribution < -0.4 is 0 Å². The van der Waals surface area contributed by atoms with Crippen LogP contribution in [0, 0.1) is 0 Å². The maximum Gasteiger partial charge on any atom is 0.320 e. The van der Waals surface area contributed by atoms with Crippen molar-refractivity contribution in [2.24, 2.45) is 0 Å². The molecular formula is C5H11BNO2. The summed E-state index contributed by atoms with van der Waals surface area (Å²) < 4.78 is 0. The molecule has 3 nitrogen and oxygen atoms in total. The van der Waals surface area contributed by atoms with Crippen molar-refractivity contribution in [2.75, 3.05) is 14.1 Å². The Bertz CT molecular complexity index is 95.0. The topological polar surface area (TPSA) is 40.5 Å². The Morgan fingerprint density at radius 1 is 1.56 bits per heavy atom. The lowest BCUT2D eigenvalue weighted by Gasteiger charge is -2.13. The highest BCUT2D eigenvalue weighted by molar-refractivity contribution is 5.75. The fourth-order valence-corrected chi connectivity index (χ4v) is 0.221. The Labute approximate surface area is 57.2 Å². The van der Waals surface area contributed by atoms with Crippen LogP contribution in [-0.4, -0.2) is 44.5 Å². The number of nitrogens with zero attached hydrogens (tertiary/aromatic N) is 1. The molecule has 0 rings (SSSR count). The predicted octanol–water partition coefficient (Wildman–Crippen LogP) is -0.360. The van der Waals surface area contributed by atoms with Gasteiger partial charge in [-0.1, -0.05) is 0 Å². The van der Waals surface area contributed by atoms with Crippen LogP contribution >= 0.6 is 0 Å². The summed E-state index contributed by atoms with van der Waals surface area (Å²) in [5, 5.41) is 8.31. The first-order chi connectivity index (χ1) is 3.55. The maximum absolute atomic E-state index is 10.1. The van der Waals surface area contributed by atoms with E-state index >= 15 is 0 Å². The van der Waals surface area contributed by atoms with Crippen LogP contribution in [-0.2, 0) is 4.79 Å². The SMILES string of the molecule is CC(C(=O)O)N(C)C.[B]. The Hall–Kier alpha value is -0.505. The minimum absolute atomic E-state index is 0. The highest BCUT2D eigenvalue weighted by Crippen LogP contribution is 1.88. The number of carboxylic acid groups (broad SMARTS) is 1. The highest BCUT2D eigenvalue weighted by Gasteiger charge is 2.11. The molecule has 0 aliphatic rings. The normalized spacial score (nSPS) is 12.4. The first-order valence-electron chi connectivity index (χ1n) is 2.45. The van der Waals surface area contributed by atoms with Gasteiger partial charge >= 0.3 is 5.97 Å². The quantitative estimate of drug-likeness (QED) is 0.516. The summed E-state index contributed by atoms with van der Waals surface area (Å²) in [6.07, 6.45) is 0. The number of rotatable bonds is 2. The molecule has 0 aromatic rings. The van der Waals surface area contributed by atoms with Crippen molar-refractivity contribution in [3.63, 3.8) is 0 Å². The van der Waals surface area contributed by atoms with Crippen LogP contribution in [0.4, 0.5) is 0 Å². The second-order valence-corrected chi connectivity index (χ2v) is 1.98. The van der Waals surface area contributed by atoms with Crippen LogP contribution in [0.15, 0.2) is 0 Å². The minimum Gasteiger partial charge on any atom is -0.480 e. The third-order valence-electron chi connectivity index (χ3n) is 1.13. The zero-order chi connectivity index (χ0) is 6.73. The van der Waals surface area contributed by atoms with Gasteiger partial charge in [-0.2, -0.15) is 0 Å². The summed E-state index contributed by atoms with van der Waals surface area (Å²) in [5.74, 6) is -0.782. The Kier molecular flexibility index (Phi) is 5.51. The van der Waals surface area contributed by atoms with Crippen LogP contribution in [0.1, 0.15) is 6.92 Å². The van der Waals surface area contributed by atoms with Gasteiger partial charge in [0.25, 0.3) is 0 Å². The van der Waals surface area contributed by atoms with Gasteiger partial charge in [0.2, 0.25) is 0 Å². The summed E-state index contributed by atoms with van der Waals surface area (Å²) in [7, 11) is 3.47. The van der Waals surface area contributed by atoms with E-state index in [1.54, 1.807) is 25.9 Å². The molecule has 4 heteroatoms. The first-order valence-corrected chi connectivity index (χ1v) is 2.45. The lowest BCUT2D eigenvalue weighted by atomic mass is 10.3. The molecule has 9 heavy (non-hydrogen) atoms. The van der Waals surface area contributed by atoms with Gasteiger partial charge in [0.15, 0.2) is 0 Å². The number of carboxylic acids is 1. The van der Waals surface area contributed by atoms with Gasteiger partial charge in [0, 0.05) is 8.41 Å². The van der Waals surface area contributed by atoms with Crippen molar-refractivity contribution >= 4 is 14.4 Å². The standard InChI is InChI=1S/C5H11NO2.B/c1-4(5(7)8)6(2)3;/h4H,1-3H3,(H,7,8);. The van der Waals surface area contributed by atoms with Crippen LogP contribution in [0.25, 0.3) is 0 Å². The van der Waals surface area contributed by atoms with Crippen molar-refractivity contribution in [3.8, 4) is 0 Å². The second kappa shape index (κ2) is 4.38. The van der Waals surface area contributed by atoms with Gasteiger partial charge in [-0.3, -0.25) is 9.69 Å². The van der Waals surface area contributed by atoms with Crippen molar-refractivity contribution in [1.29, 1.82) is 0 Å². The molecule has 0 saturated heterocycles. The molecule has 51 valence electrons. The smallest absolute Gasteiger partial charge is 0.320 e. The van der Waals surface area contributed by atoms with Gasteiger partial charge in [0.1, 0.15) is 6.04 Å². The number of hydrogen-bond acceptors (Lipinski definition) is 2. The molecule has 0 saturated carbocycles. The molecule has 1 N–H and O–H groups in total. The molecule has 0 bridgehead atoms. The van der Waals surface area contributed by atoms with E-state index in [0.717, 1.165) is 0 Å². The van der Waals surface area contributed by atoms with E-state index < -0.39 is 5.97 Å². The molecule has 0 aliphatic heterocycles. The van der Waals surface area contributed by atoms with Gasteiger partial charge < -0.3 is 5.11 Å². The maximum atomic E-state index is 10.1. The van der Waals surface area contributed by atoms with E-state index in [4.69, 9.17) is 5.11 Å². The molecule has 0 fully saturated rings. The monoisotopic (exact) mass is 128 g/mol. The van der Waals surface area contributed by atoms with Crippen molar-refractivity contribution in [3.05, 3.63) is 0 Å². The lowest BCUT2D eigenvalue weighted by Crippen LogP contribution is -2.32. The summed E-state index contributed by atoms with van der Waals surface area (Å²) in [6.45, 7) is 1.64.